The quantitative estimate of drug-likeness (QED) is 0.674. The van der Waals surface area contributed by atoms with E-state index in [0.29, 0.717) is 12.4 Å². The highest BCUT2D eigenvalue weighted by molar-refractivity contribution is 5.60. The number of aliphatic hydroxyl groups is 1. The molecule has 3 rings (SSSR count). The van der Waals surface area contributed by atoms with Crippen molar-refractivity contribution in [1.82, 2.24) is 9.55 Å². The Morgan fingerprint density at radius 3 is 2.96 bits per heavy atom. The van der Waals surface area contributed by atoms with Crippen molar-refractivity contribution >= 4 is 11.4 Å². The Balaban J connectivity index is 1.81. The normalized spacial score (nSPS) is 18.6. The molecule has 0 saturated carbocycles. The first-order valence-corrected chi connectivity index (χ1v) is 8.10. The smallest absolute Gasteiger partial charge is 0.287 e. The Bertz CT molecular complexity index is 826. The van der Waals surface area contributed by atoms with E-state index < -0.39 is 11.0 Å². The fourth-order valence-corrected chi connectivity index (χ4v) is 3.34. The van der Waals surface area contributed by atoms with Crippen molar-refractivity contribution in [3.63, 3.8) is 0 Å². The minimum atomic E-state index is -0.670. The molecule has 1 aliphatic heterocycles. The van der Waals surface area contributed by atoms with Gasteiger partial charge in [0.05, 0.1) is 4.92 Å². The molecule has 0 spiro atoms. The lowest BCUT2D eigenvalue weighted by molar-refractivity contribution is -0.385. The summed E-state index contributed by atoms with van der Waals surface area (Å²) in [5, 5.41) is 30.8. The van der Waals surface area contributed by atoms with Crippen LogP contribution in [0.1, 0.15) is 30.3 Å². The van der Waals surface area contributed by atoms with Gasteiger partial charge in [0.15, 0.2) is 0 Å². The molecule has 0 amide bonds. The zero-order valence-electron chi connectivity index (χ0n) is 13.9. The molecule has 2 aromatic rings. The number of rotatable bonds is 4. The monoisotopic (exact) mass is 341 g/mol. The fourth-order valence-electron chi connectivity index (χ4n) is 3.34. The molecule has 1 N–H and O–H groups in total. The maximum absolute atomic E-state index is 11.0. The summed E-state index contributed by atoms with van der Waals surface area (Å²) in [4.78, 5) is 16.7. The molecule has 1 aromatic heterocycles. The topological polar surface area (TPSA) is 108 Å². The molecule has 2 unspecified atom stereocenters. The van der Waals surface area contributed by atoms with Crippen LogP contribution in [0.4, 0.5) is 11.4 Å². The summed E-state index contributed by atoms with van der Waals surface area (Å²) in [7, 11) is 1.85. The van der Waals surface area contributed by atoms with E-state index in [4.69, 9.17) is 5.26 Å². The fraction of sp³-hybridized carbons (Fsp3) is 0.412. The molecule has 2 atom stereocenters. The lowest BCUT2D eigenvalue weighted by Crippen LogP contribution is -2.38. The molecule has 2 heterocycles. The Morgan fingerprint density at radius 2 is 2.32 bits per heavy atom. The molecule has 1 saturated heterocycles. The number of benzene rings is 1. The van der Waals surface area contributed by atoms with Crippen LogP contribution >= 0.6 is 0 Å². The van der Waals surface area contributed by atoms with E-state index in [1.54, 1.807) is 24.5 Å². The molecule has 1 aliphatic rings. The Morgan fingerprint density at radius 1 is 1.52 bits per heavy atom. The molecule has 130 valence electrons. The van der Waals surface area contributed by atoms with Gasteiger partial charge in [-0.1, -0.05) is 0 Å². The van der Waals surface area contributed by atoms with Crippen LogP contribution in [0.2, 0.25) is 0 Å². The first kappa shape index (κ1) is 16.9. The number of nitriles is 1. The second kappa shape index (κ2) is 6.91. The standard InChI is InChI=1S/C17H19N5O3/c1-20-8-6-19-17(20)16(23)12-3-2-7-21(11-12)14-4-5-15(22(24)25)13(9-14)10-18/h4-6,8-9,12,16,23H,2-3,7,11H2,1H3. The van der Waals surface area contributed by atoms with Crippen LogP contribution < -0.4 is 4.90 Å². The van der Waals surface area contributed by atoms with Crippen LogP contribution in [0.5, 0.6) is 0 Å². The Hall–Kier alpha value is -2.92. The Kier molecular flexibility index (Phi) is 4.67. The summed E-state index contributed by atoms with van der Waals surface area (Å²) in [6.07, 6.45) is 4.56. The highest BCUT2D eigenvalue weighted by Crippen LogP contribution is 2.32. The van der Waals surface area contributed by atoms with Gasteiger partial charge in [-0.2, -0.15) is 5.26 Å². The summed E-state index contributed by atoms with van der Waals surface area (Å²) < 4.78 is 1.81. The van der Waals surface area contributed by atoms with Crippen molar-refractivity contribution in [2.75, 3.05) is 18.0 Å². The van der Waals surface area contributed by atoms with Gasteiger partial charge in [0.25, 0.3) is 5.69 Å². The van der Waals surface area contributed by atoms with Gasteiger partial charge in [0, 0.05) is 50.2 Å². The molecule has 25 heavy (non-hydrogen) atoms. The van der Waals surface area contributed by atoms with Crippen LogP contribution in [0.25, 0.3) is 0 Å². The van der Waals surface area contributed by atoms with E-state index in [1.807, 2.05) is 17.7 Å². The molecule has 1 aromatic carbocycles. The summed E-state index contributed by atoms with van der Waals surface area (Å²) in [6.45, 7) is 1.39. The Labute approximate surface area is 145 Å². The van der Waals surface area contributed by atoms with Gasteiger partial charge in [0.1, 0.15) is 23.6 Å². The zero-order valence-corrected chi connectivity index (χ0v) is 13.9. The van der Waals surface area contributed by atoms with Gasteiger partial charge in [0.2, 0.25) is 0 Å². The van der Waals surface area contributed by atoms with Gasteiger partial charge in [-0.15, -0.1) is 0 Å². The van der Waals surface area contributed by atoms with Crippen LogP contribution in [0.15, 0.2) is 30.6 Å². The van der Waals surface area contributed by atoms with Crippen molar-refractivity contribution in [3.05, 3.63) is 52.1 Å². The number of hydrogen-bond acceptors (Lipinski definition) is 6. The van der Waals surface area contributed by atoms with Gasteiger partial charge < -0.3 is 14.6 Å². The number of aromatic nitrogens is 2. The van der Waals surface area contributed by atoms with Crippen LogP contribution in [-0.2, 0) is 7.05 Å². The number of nitrogens with zero attached hydrogens (tertiary/aromatic N) is 5. The molecular formula is C17H19N5O3. The zero-order chi connectivity index (χ0) is 18.0. The van der Waals surface area contributed by atoms with Crippen molar-refractivity contribution in [2.45, 2.75) is 18.9 Å². The first-order chi connectivity index (χ1) is 12.0. The SMILES string of the molecule is Cn1ccnc1C(O)C1CCCN(c2ccc([N+](=O)[O-])c(C#N)c2)C1. The van der Waals surface area contributed by atoms with Crippen molar-refractivity contribution < 1.29 is 10.0 Å². The van der Waals surface area contributed by atoms with E-state index in [0.717, 1.165) is 25.1 Å². The third kappa shape index (κ3) is 3.32. The second-order valence-corrected chi connectivity index (χ2v) is 6.26. The highest BCUT2D eigenvalue weighted by Gasteiger charge is 2.29. The van der Waals surface area contributed by atoms with E-state index >= 15 is 0 Å². The molecule has 0 aliphatic carbocycles. The van der Waals surface area contributed by atoms with Gasteiger partial charge >= 0.3 is 0 Å². The van der Waals surface area contributed by atoms with Gasteiger partial charge in [-0.05, 0) is 25.0 Å². The number of aliphatic hydroxyl groups excluding tert-OH is 1. The van der Waals surface area contributed by atoms with E-state index in [-0.39, 0.29) is 17.2 Å². The van der Waals surface area contributed by atoms with Crippen molar-refractivity contribution in [2.24, 2.45) is 13.0 Å². The number of aryl methyl sites for hydroxylation is 1. The molecule has 8 nitrogen and oxygen atoms in total. The third-order valence-electron chi connectivity index (χ3n) is 4.69. The van der Waals surface area contributed by atoms with Gasteiger partial charge in [-0.25, -0.2) is 4.98 Å². The van der Waals surface area contributed by atoms with E-state index in [2.05, 4.69) is 9.88 Å². The van der Waals surface area contributed by atoms with Crippen LogP contribution in [0, 0.1) is 27.4 Å². The molecule has 8 heteroatoms. The average molecular weight is 341 g/mol. The van der Waals surface area contributed by atoms with E-state index in [1.165, 1.54) is 6.07 Å². The number of anilines is 1. The molecule has 1 fully saturated rings. The molecular weight excluding hydrogens is 322 g/mol. The minimum absolute atomic E-state index is 0.00979. The largest absolute Gasteiger partial charge is 0.385 e. The summed E-state index contributed by atoms with van der Waals surface area (Å²) in [5.74, 6) is 0.642. The number of nitro groups is 1. The third-order valence-corrected chi connectivity index (χ3v) is 4.69. The van der Waals surface area contributed by atoms with Crippen molar-refractivity contribution in [1.29, 1.82) is 5.26 Å². The van der Waals surface area contributed by atoms with Crippen LogP contribution in [0.3, 0.4) is 0 Å². The maximum atomic E-state index is 11.0. The summed E-state index contributed by atoms with van der Waals surface area (Å²) in [5.41, 5.74) is 0.626. The lowest BCUT2D eigenvalue weighted by atomic mass is 9.91. The number of nitro benzene ring substituents is 1. The van der Waals surface area contributed by atoms with Gasteiger partial charge in [-0.3, -0.25) is 10.1 Å². The van der Waals surface area contributed by atoms with E-state index in [9.17, 15) is 15.2 Å². The minimum Gasteiger partial charge on any atom is -0.385 e. The van der Waals surface area contributed by atoms with Crippen molar-refractivity contribution in [3.8, 4) is 6.07 Å². The maximum Gasteiger partial charge on any atom is 0.287 e. The lowest BCUT2D eigenvalue weighted by Gasteiger charge is -2.36. The predicted molar refractivity (Wildman–Crippen MR) is 90.9 cm³/mol. The summed E-state index contributed by atoms with van der Waals surface area (Å²) >= 11 is 0. The first-order valence-electron chi connectivity index (χ1n) is 8.10. The highest BCUT2D eigenvalue weighted by atomic mass is 16.6. The second-order valence-electron chi connectivity index (χ2n) is 6.26. The number of piperidine rings is 1. The molecule has 0 bridgehead atoms. The number of hydrogen-bond donors (Lipinski definition) is 1. The number of imidazole rings is 1. The average Bonchev–Trinajstić information content (AvgIpc) is 3.06. The van der Waals surface area contributed by atoms with Crippen LogP contribution in [-0.4, -0.2) is 32.7 Å². The summed E-state index contributed by atoms with van der Waals surface area (Å²) in [6, 6.07) is 6.47. The molecule has 0 radical (unpaired) electrons. The predicted octanol–water partition coefficient (Wildman–Crippen LogP) is 2.15.